The largest absolute Gasteiger partial charge is 0.341 e. The minimum atomic E-state index is -0.125. The van der Waals surface area contributed by atoms with Crippen molar-refractivity contribution < 1.29 is 0 Å². The van der Waals surface area contributed by atoms with Crippen LogP contribution in [0.3, 0.4) is 0 Å². The van der Waals surface area contributed by atoms with Crippen molar-refractivity contribution in [2.24, 2.45) is 0 Å². The Kier molecular flexibility index (Phi) is 3.49. The lowest BCUT2D eigenvalue weighted by atomic mass is 9.91. The van der Waals surface area contributed by atoms with E-state index in [1.165, 1.54) is 0 Å². The van der Waals surface area contributed by atoms with Gasteiger partial charge in [-0.25, -0.2) is 15.1 Å². The third-order valence-electron chi connectivity index (χ3n) is 4.44. The Morgan fingerprint density at radius 1 is 1.00 bits per heavy atom. The van der Waals surface area contributed by atoms with E-state index in [0.29, 0.717) is 11.3 Å². The number of fused-ring (bicyclic) bond motifs is 1. The summed E-state index contributed by atoms with van der Waals surface area (Å²) in [6.07, 6.45) is 5.49. The fourth-order valence-corrected chi connectivity index (χ4v) is 3.25. The first kappa shape index (κ1) is 13.9. The lowest BCUT2D eigenvalue weighted by Gasteiger charge is -2.31. The summed E-state index contributed by atoms with van der Waals surface area (Å²) >= 11 is 0. The molecule has 23 heavy (non-hydrogen) atoms. The van der Waals surface area contributed by atoms with Gasteiger partial charge in [0.05, 0.1) is 11.1 Å². The molecule has 0 atom stereocenters. The third-order valence-corrected chi connectivity index (χ3v) is 4.44. The molecular weight excluding hydrogens is 290 g/mol. The SMILES string of the molecule is O=c1[nH]nc(C2CCN(c3ncccn3)CC2)c2ccccc12. The highest BCUT2D eigenvalue weighted by atomic mass is 16.1. The second-order valence-electron chi connectivity index (χ2n) is 5.79. The summed E-state index contributed by atoms with van der Waals surface area (Å²) in [5, 5.41) is 8.66. The molecule has 6 heteroatoms. The van der Waals surface area contributed by atoms with Crippen LogP contribution in [0.5, 0.6) is 0 Å². The van der Waals surface area contributed by atoms with Gasteiger partial charge in [-0.1, -0.05) is 18.2 Å². The number of anilines is 1. The summed E-state index contributed by atoms with van der Waals surface area (Å²) in [6, 6.07) is 9.51. The molecule has 0 unspecified atom stereocenters. The highest BCUT2D eigenvalue weighted by Crippen LogP contribution is 2.31. The number of H-pyrrole nitrogens is 1. The van der Waals surface area contributed by atoms with E-state index in [2.05, 4.69) is 25.1 Å². The van der Waals surface area contributed by atoms with Crippen LogP contribution in [0.1, 0.15) is 24.5 Å². The maximum atomic E-state index is 11.9. The molecule has 1 aliphatic heterocycles. The van der Waals surface area contributed by atoms with Gasteiger partial charge in [-0.15, -0.1) is 0 Å². The van der Waals surface area contributed by atoms with Crippen LogP contribution >= 0.6 is 0 Å². The standard InChI is InChI=1S/C17H17N5O/c23-16-14-5-2-1-4-13(14)15(20-21-16)12-6-10-22(11-7-12)17-18-8-3-9-19-17/h1-5,8-9,12H,6-7,10-11H2,(H,21,23). The Morgan fingerprint density at radius 2 is 1.70 bits per heavy atom. The van der Waals surface area contributed by atoms with Gasteiger partial charge in [0, 0.05) is 36.8 Å². The van der Waals surface area contributed by atoms with Crippen molar-refractivity contribution in [3.63, 3.8) is 0 Å². The van der Waals surface area contributed by atoms with Crippen LogP contribution in [0.15, 0.2) is 47.5 Å². The van der Waals surface area contributed by atoms with Gasteiger partial charge in [-0.05, 0) is 25.0 Å². The number of nitrogens with zero attached hydrogens (tertiary/aromatic N) is 4. The van der Waals surface area contributed by atoms with Crippen LogP contribution in [-0.4, -0.2) is 33.3 Å². The van der Waals surface area contributed by atoms with Crippen LogP contribution in [0, 0.1) is 0 Å². The first-order chi connectivity index (χ1) is 11.3. The van der Waals surface area contributed by atoms with Gasteiger partial charge in [-0.2, -0.15) is 5.10 Å². The Balaban J connectivity index is 1.60. The molecule has 0 saturated carbocycles. The summed E-state index contributed by atoms with van der Waals surface area (Å²) in [5.41, 5.74) is 0.869. The normalized spacial score (nSPS) is 15.9. The van der Waals surface area contributed by atoms with Gasteiger partial charge >= 0.3 is 0 Å². The molecule has 116 valence electrons. The molecule has 6 nitrogen and oxygen atoms in total. The number of aromatic amines is 1. The molecular formula is C17H17N5O. The molecule has 1 aliphatic rings. The average molecular weight is 307 g/mol. The van der Waals surface area contributed by atoms with Crippen LogP contribution in [0.2, 0.25) is 0 Å². The van der Waals surface area contributed by atoms with Crippen molar-refractivity contribution in [2.45, 2.75) is 18.8 Å². The molecule has 1 saturated heterocycles. The quantitative estimate of drug-likeness (QED) is 0.784. The molecule has 1 N–H and O–H groups in total. The predicted octanol–water partition coefficient (Wildman–Crippen LogP) is 2.10. The van der Waals surface area contributed by atoms with Crippen molar-refractivity contribution in [2.75, 3.05) is 18.0 Å². The Bertz CT molecular complexity index is 869. The average Bonchev–Trinajstić information content (AvgIpc) is 2.63. The minimum absolute atomic E-state index is 0.125. The van der Waals surface area contributed by atoms with E-state index in [0.717, 1.165) is 43.0 Å². The van der Waals surface area contributed by atoms with Gasteiger partial charge in [0.15, 0.2) is 0 Å². The highest BCUT2D eigenvalue weighted by molar-refractivity contribution is 5.83. The van der Waals surface area contributed by atoms with E-state index < -0.39 is 0 Å². The maximum Gasteiger partial charge on any atom is 0.272 e. The van der Waals surface area contributed by atoms with E-state index in [4.69, 9.17) is 0 Å². The molecule has 0 bridgehead atoms. The molecule has 3 heterocycles. The van der Waals surface area contributed by atoms with E-state index in [9.17, 15) is 4.79 Å². The third kappa shape index (κ3) is 2.56. The zero-order chi connectivity index (χ0) is 15.6. The summed E-state index contributed by atoms with van der Waals surface area (Å²) in [5.74, 6) is 1.13. The molecule has 1 fully saturated rings. The first-order valence-electron chi connectivity index (χ1n) is 7.82. The number of piperidine rings is 1. The lowest BCUT2D eigenvalue weighted by Crippen LogP contribution is -2.34. The zero-order valence-electron chi connectivity index (χ0n) is 12.6. The molecule has 2 aromatic heterocycles. The second kappa shape index (κ2) is 5.79. The van der Waals surface area contributed by atoms with E-state index in [1.54, 1.807) is 12.4 Å². The molecule has 3 aromatic rings. The van der Waals surface area contributed by atoms with Gasteiger partial charge in [-0.3, -0.25) is 4.79 Å². The summed E-state index contributed by atoms with van der Waals surface area (Å²) < 4.78 is 0. The van der Waals surface area contributed by atoms with Gasteiger partial charge in [0.25, 0.3) is 5.56 Å². The first-order valence-corrected chi connectivity index (χ1v) is 7.82. The van der Waals surface area contributed by atoms with Crippen molar-refractivity contribution in [1.29, 1.82) is 0 Å². The van der Waals surface area contributed by atoms with Crippen molar-refractivity contribution >= 4 is 16.7 Å². The molecule has 4 rings (SSSR count). The van der Waals surface area contributed by atoms with E-state index in [-0.39, 0.29) is 5.56 Å². The van der Waals surface area contributed by atoms with E-state index >= 15 is 0 Å². The summed E-state index contributed by atoms with van der Waals surface area (Å²) in [6.45, 7) is 1.79. The van der Waals surface area contributed by atoms with Gasteiger partial charge < -0.3 is 4.90 Å². The summed E-state index contributed by atoms with van der Waals surface area (Å²) in [7, 11) is 0. The molecule has 1 aromatic carbocycles. The minimum Gasteiger partial charge on any atom is -0.341 e. The van der Waals surface area contributed by atoms with E-state index in [1.807, 2.05) is 30.3 Å². The van der Waals surface area contributed by atoms with Crippen LogP contribution in [-0.2, 0) is 0 Å². The Morgan fingerprint density at radius 3 is 2.43 bits per heavy atom. The molecule has 0 aliphatic carbocycles. The predicted molar refractivity (Wildman–Crippen MR) is 88.6 cm³/mol. The van der Waals surface area contributed by atoms with Crippen molar-refractivity contribution in [3.05, 3.63) is 58.8 Å². The van der Waals surface area contributed by atoms with Crippen LogP contribution in [0.25, 0.3) is 10.8 Å². The van der Waals surface area contributed by atoms with Crippen LogP contribution in [0.4, 0.5) is 5.95 Å². The molecule has 0 radical (unpaired) electrons. The number of aromatic nitrogens is 4. The fourth-order valence-electron chi connectivity index (χ4n) is 3.25. The number of hydrogen-bond acceptors (Lipinski definition) is 5. The Labute approximate surface area is 133 Å². The number of benzene rings is 1. The lowest BCUT2D eigenvalue weighted by molar-refractivity contribution is 0.489. The number of hydrogen-bond donors (Lipinski definition) is 1. The molecule has 0 spiro atoms. The zero-order valence-corrected chi connectivity index (χ0v) is 12.6. The van der Waals surface area contributed by atoms with Crippen LogP contribution < -0.4 is 10.5 Å². The highest BCUT2D eigenvalue weighted by Gasteiger charge is 2.24. The number of nitrogens with one attached hydrogen (secondary N) is 1. The summed E-state index contributed by atoms with van der Waals surface area (Å²) in [4.78, 5) is 22.7. The van der Waals surface area contributed by atoms with Gasteiger partial charge in [0.2, 0.25) is 5.95 Å². The molecule has 0 amide bonds. The smallest absolute Gasteiger partial charge is 0.272 e. The topological polar surface area (TPSA) is 74.8 Å². The fraction of sp³-hybridized carbons (Fsp3) is 0.294. The maximum absolute atomic E-state index is 11.9. The van der Waals surface area contributed by atoms with Crippen molar-refractivity contribution in [3.8, 4) is 0 Å². The monoisotopic (exact) mass is 307 g/mol. The Hall–Kier alpha value is -2.76. The number of rotatable bonds is 2. The second-order valence-corrected chi connectivity index (χ2v) is 5.79. The van der Waals surface area contributed by atoms with Gasteiger partial charge in [0.1, 0.15) is 0 Å². The van der Waals surface area contributed by atoms with Crippen molar-refractivity contribution in [1.82, 2.24) is 20.2 Å².